The Morgan fingerprint density at radius 1 is 1.47 bits per heavy atom. The fraction of sp³-hybridized carbons (Fsp3) is 0.375. The molecule has 3 nitrogen and oxygen atoms in total. The fourth-order valence-corrected chi connectivity index (χ4v) is 2.62. The molecule has 1 aliphatic rings. The van der Waals surface area contributed by atoms with Crippen LogP contribution < -0.4 is 10.5 Å². The van der Waals surface area contributed by atoms with Crippen LogP contribution in [-0.4, -0.2) is 13.2 Å². The zero-order valence-corrected chi connectivity index (χ0v) is 11.2. The van der Waals surface area contributed by atoms with Gasteiger partial charge in [0.25, 0.3) is 0 Å². The van der Waals surface area contributed by atoms with E-state index in [1.807, 2.05) is 25.1 Å². The van der Waals surface area contributed by atoms with Gasteiger partial charge in [0, 0.05) is 10.9 Å². The normalized spacial score (nSPS) is 21.6. The van der Waals surface area contributed by atoms with Gasteiger partial charge in [-0.2, -0.15) is 0 Å². The molecule has 0 bridgehead atoms. The summed E-state index contributed by atoms with van der Waals surface area (Å²) in [7, 11) is 0. The molecule has 1 aliphatic carbocycles. The standard InChI is InChI=1S/C16H19NO2/c1-10(2)9-19-15-4-3-14-12(5-6-18-14)16(15)13-7-11(13)8-17/h3-6,11,13H,1,7-9,17H2,2H3/t11-,13+/m0/s1. The Hall–Kier alpha value is -1.74. The van der Waals surface area contributed by atoms with Crippen molar-refractivity contribution in [2.45, 2.75) is 19.3 Å². The number of furan rings is 1. The second-order valence-electron chi connectivity index (χ2n) is 5.39. The van der Waals surface area contributed by atoms with E-state index in [9.17, 15) is 0 Å². The average Bonchev–Trinajstić information content (AvgIpc) is 3.02. The molecular weight excluding hydrogens is 238 g/mol. The summed E-state index contributed by atoms with van der Waals surface area (Å²) in [6, 6.07) is 5.98. The highest BCUT2D eigenvalue weighted by molar-refractivity contribution is 5.84. The van der Waals surface area contributed by atoms with Crippen molar-refractivity contribution in [2.75, 3.05) is 13.2 Å². The first kappa shape index (κ1) is 12.3. The summed E-state index contributed by atoms with van der Waals surface area (Å²) in [5, 5.41) is 1.15. The van der Waals surface area contributed by atoms with E-state index in [0.29, 0.717) is 18.4 Å². The van der Waals surface area contributed by atoms with Crippen molar-refractivity contribution in [3.63, 3.8) is 0 Å². The van der Waals surface area contributed by atoms with Crippen LogP contribution in [0.4, 0.5) is 0 Å². The number of benzene rings is 1. The van der Waals surface area contributed by atoms with Gasteiger partial charge in [0.1, 0.15) is 17.9 Å². The van der Waals surface area contributed by atoms with Gasteiger partial charge < -0.3 is 14.9 Å². The van der Waals surface area contributed by atoms with Crippen LogP contribution in [0.5, 0.6) is 5.75 Å². The van der Waals surface area contributed by atoms with Gasteiger partial charge in [-0.3, -0.25) is 0 Å². The summed E-state index contributed by atoms with van der Waals surface area (Å²) in [6.45, 7) is 7.14. The Balaban J connectivity index is 2.00. The molecule has 3 rings (SSSR count). The summed E-state index contributed by atoms with van der Waals surface area (Å²) in [6.07, 6.45) is 2.88. The SMILES string of the molecule is C=C(C)COc1ccc2occc2c1[C@@H]1C[C@H]1CN. The maximum atomic E-state index is 5.89. The van der Waals surface area contributed by atoms with Crippen molar-refractivity contribution < 1.29 is 9.15 Å². The fourth-order valence-electron chi connectivity index (χ4n) is 2.62. The first-order chi connectivity index (χ1) is 9.20. The summed E-state index contributed by atoms with van der Waals surface area (Å²) in [5.74, 6) is 2.02. The second kappa shape index (κ2) is 4.74. The van der Waals surface area contributed by atoms with E-state index in [2.05, 4.69) is 6.58 Å². The number of hydrogen-bond donors (Lipinski definition) is 1. The molecule has 100 valence electrons. The van der Waals surface area contributed by atoms with E-state index in [1.165, 1.54) is 5.56 Å². The first-order valence-electron chi connectivity index (χ1n) is 6.68. The molecule has 0 spiro atoms. The monoisotopic (exact) mass is 257 g/mol. The number of fused-ring (bicyclic) bond motifs is 1. The van der Waals surface area contributed by atoms with Gasteiger partial charge in [-0.1, -0.05) is 6.58 Å². The molecule has 2 atom stereocenters. The molecule has 0 unspecified atom stereocenters. The molecule has 1 saturated carbocycles. The number of rotatable bonds is 5. The van der Waals surface area contributed by atoms with Crippen LogP contribution in [0.2, 0.25) is 0 Å². The van der Waals surface area contributed by atoms with Crippen molar-refractivity contribution in [3.05, 3.63) is 42.2 Å². The van der Waals surface area contributed by atoms with Crippen LogP contribution in [0.1, 0.15) is 24.8 Å². The van der Waals surface area contributed by atoms with Crippen LogP contribution in [0.25, 0.3) is 11.0 Å². The van der Waals surface area contributed by atoms with Crippen molar-refractivity contribution in [3.8, 4) is 5.75 Å². The van der Waals surface area contributed by atoms with Gasteiger partial charge in [0.05, 0.1) is 6.26 Å². The predicted molar refractivity (Wildman–Crippen MR) is 76.4 cm³/mol. The zero-order chi connectivity index (χ0) is 13.4. The van der Waals surface area contributed by atoms with Crippen LogP contribution in [0.15, 0.2) is 41.0 Å². The summed E-state index contributed by atoms with van der Waals surface area (Å²) in [5.41, 5.74) is 8.96. The Morgan fingerprint density at radius 3 is 3.00 bits per heavy atom. The lowest BCUT2D eigenvalue weighted by atomic mass is 10.0. The van der Waals surface area contributed by atoms with E-state index < -0.39 is 0 Å². The minimum atomic E-state index is 0.506. The summed E-state index contributed by atoms with van der Waals surface area (Å²) in [4.78, 5) is 0. The Morgan fingerprint density at radius 2 is 2.32 bits per heavy atom. The van der Waals surface area contributed by atoms with E-state index in [1.54, 1.807) is 6.26 Å². The smallest absolute Gasteiger partial charge is 0.134 e. The minimum absolute atomic E-state index is 0.506. The first-order valence-corrected chi connectivity index (χ1v) is 6.68. The minimum Gasteiger partial charge on any atom is -0.489 e. The molecule has 1 heterocycles. The molecule has 1 fully saturated rings. The quantitative estimate of drug-likeness (QED) is 0.834. The van der Waals surface area contributed by atoms with Gasteiger partial charge in [-0.15, -0.1) is 0 Å². The van der Waals surface area contributed by atoms with Crippen molar-refractivity contribution >= 4 is 11.0 Å². The Labute approximate surface area is 113 Å². The van der Waals surface area contributed by atoms with Crippen molar-refractivity contribution in [1.29, 1.82) is 0 Å². The molecule has 0 amide bonds. The van der Waals surface area contributed by atoms with E-state index in [-0.39, 0.29) is 0 Å². The molecule has 3 heteroatoms. The van der Waals surface area contributed by atoms with Crippen LogP contribution >= 0.6 is 0 Å². The third-order valence-corrected chi connectivity index (χ3v) is 3.71. The van der Waals surface area contributed by atoms with Crippen molar-refractivity contribution in [2.24, 2.45) is 11.7 Å². The van der Waals surface area contributed by atoms with Gasteiger partial charge in [-0.25, -0.2) is 0 Å². The van der Waals surface area contributed by atoms with Crippen LogP contribution in [0, 0.1) is 5.92 Å². The average molecular weight is 257 g/mol. The molecular formula is C16H19NO2. The Bertz CT molecular complexity index is 614. The number of hydrogen-bond acceptors (Lipinski definition) is 3. The van der Waals surface area contributed by atoms with E-state index in [0.717, 1.165) is 35.3 Å². The Kier molecular flexibility index (Phi) is 3.07. The third-order valence-electron chi connectivity index (χ3n) is 3.71. The number of ether oxygens (including phenoxy) is 1. The highest BCUT2D eigenvalue weighted by Gasteiger charge is 2.40. The molecule has 0 saturated heterocycles. The predicted octanol–water partition coefficient (Wildman–Crippen LogP) is 3.45. The molecule has 1 aromatic heterocycles. The van der Waals surface area contributed by atoms with Crippen LogP contribution in [-0.2, 0) is 0 Å². The van der Waals surface area contributed by atoms with Gasteiger partial charge in [-0.05, 0) is 55.5 Å². The van der Waals surface area contributed by atoms with Gasteiger partial charge in [0.15, 0.2) is 0 Å². The molecule has 2 aromatic rings. The largest absolute Gasteiger partial charge is 0.489 e. The molecule has 0 aliphatic heterocycles. The van der Waals surface area contributed by atoms with Crippen LogP contribution in [0.3, 0.4) is 0 Å². The maximum absolute atomic E-state index is 5.89. The second-order valence-corrected chi connectivity index (χ2v) is 5.39. The van der Waals surface area contributed by atoms with E-state index >= 15 is 0 Å². The lowest BCUT2D eigenvalue weighted by Gasteiger charge is -2.12. The molecule has 19 heavy (non-hydrogen) atoms. The lowest BCUT2D eigenvalue weighted by molar-refractivity contribution is 0.349. The van der Waals surface area contributed by atoms with Crippen molar-refractivity contribution in [1.82, 2.24) is 0 Å². The summed E-state index contributed by atoms with van der Waals surface area (Å²) >= 11 is 0. The van der Waals surface area contributed by atoms with E-state index in [4.69, 9.17) is 14.9 Å². The highest BCUT2D eigenvalue weighted by Crippen LogP contribution is 2.52. The molecule has 2 N–H and O–H groups in total. The third kappa shape index (κ3) is 2.26. The zero-order valence-electron chi connectivity index (χ0n) is 11.2. The topological polar surface area (TPSA) is 48.4 Å². The number of nitrogens with two attached hydrogens (primary N) is 1. The summed E-state index contributed by atoms with van der Waals surface area (Å²) < 4.78 is 11.4. The maximum Gasteiger partial charge on any atom is 0.134 e. The lowest BCUT2D eigenvalue weighted by Crippen LogP contribution is -2.04. The molecule has 1 aromatic carbocycles. The van der Waals surface area contributed by atoms with Gasteiger partial charge >= 0.3 is 0 Å². The van der Waals surface area contributed by atoms with Gasteiger partial charge in [0.2, 0.25) is 0 Å². The molecule has 0 radical (unpaired) electrons. The highest BCUT2D eigenvalue weighted by atomic mass is 16.5.